The minimum absolute atomic E-state index is 0.0221. The summed E-state index contributed by atoms with van der Waals surface area (Å²) in [4.78, 5) is 28.1. The Hall–Kier alpha value is -1.93. The summed E-state index contributed by atoms with van der Waals surface area (Å²) < 4.78 is 27.2. The lowest BCUT2D eigenvalue weighted by Crippen LogP contribution is -2.49. The van der Waals surface area contributed by atoms with Crippen LogP contribution in [0.15, 0.2) is 29.2 Å². The zero-order chi connectivity index (χ0) is 21.7. The summed E-state index contributed by atoms with van der Waals surface area (Å²) in [7, 11) is -3.63. The molecule has 0 bridgehead atoms. The van der Waals surface area contributed by atoms with Gasteiger partial charge in [0, 0.05) is 51.8 Å². The maximum Gasteiger partial charge on any atom is 0.253 e. The third kappa shape index (κ3) is 5.21. The second kappa shape index (κ2) is 9.92. The van der Waals surface area contributed by atoms with Crippen LogP contribution < -0.4 is 0 Å². The lowest BCUT2D eigenvalue weighted by Gasteiger charge is -2.33. The molecule has 2 fully saturated rings. The van der Waals surface area contributed by atoms with Gasteiger partial charge in [0.25, 0.3) is 5.91 Å². The molecule has 2 aliphatic heterocycles. The summed E-state index contributed by atoms with van der Waals surface area (Å²) in [5.74, 6) is 0.638. The second-order valence-electron chi connectivity index (χ2n) is 8.31. The molecule has 166 valence electrons. The molecule has 2 amide bonds. The van der Waals surface area contributed by atoms with Crippen molar-refractivity contribution in [3.8, 4) is 0 Å². The van der Waals surface area contributed by atoms with Crippen LogP contribution in [-0.2, 0) is 14.8 Å². The maximum atomic E-state index is 12.9. The number of sulfonamides is 1. The molecule has 2 heterocycles. The topological polar surface area (TPSA) is 78.0 Å². The van der Waals surface area contributed by atoms with Crippen LogP contribution in [0.2, 0.25) is 0 Å². The van der Waals surface area contributed by atoms with Crippen molar-refractivity contribution >= 4 is 21.8 Å². The molecule has 0 spiro atoms. The summed E-state index contributed by atoms with van der Waals surface area (Å²) >= 11 is 0. The molecule has 1 unspecified atom stereocenters. The molecule has 1 aromatic carbocycles. The molecule has 8 heteroatoms. The normalized spacial score (nSPS) is 21.3. The second-order valence-corrected chi connectivity index (χ2v) is 10.3. The Morgan fingerprint density at radius 1 is 0.933 bits per heavy atom. The van der Waals surface area contributed by atoms with Crippen LogP contribution in [-0.4, -0.2) is 73.6 Å². The highest BCUT2D eigenvalue weighted by molar-refractivity contribution is 7.89. The van der Waals surface area contributed by atoms with E-state index in [0.29, 0.717) is 24.6 Å². The molecule has 2 saturated heterocycles. The van der Waals surface area contributed by atoms with E-state index < -0.39 is 10.0 Å². The van der Waals surface area contributed by atoms with Crippen LogP contribution >= 0.6 is 0 Å². The predicted octanol–water partition coefficient (Wildman–Crippen LogP) is 2.58. The molecule has 3 rings (SSSR count). The average Bonchev–Trinajstić information content (AvgIpc) is 2.99. The molecule has 0 N–H and O–H groups in total. The van der Waals surface area contributed by atoms with Gasteiger partial charge in [-0.2, -0.15) is 4.31 Å². The first-order valence-corrected chi connectivity index (χ1v) is 12.4. The fraction of sp³-hybridized carbons (Fsp3) is 0.636. The number of rotatable bonds is 5. The van der Waals surface area contributed by atoms with Gasteiger partial charge in [0.1, 0.15) is 0 Å². The zero-order valence-corrected chi connectivity index (χ0v) is 18.9. The molecule has 7 nitrogen and oxygen atoms in total. The summed E-state index contributed by atoms with van der Waals surface area (Å²) in [6.07, 6.45) is 5.63. The minimum Gasteiger partial charge on any atom is -0.340 e. The van der Waals surface area contributed by atoms with Crippen molar-refractivity contribution in [3.05, 3.63) is 29.8 Å². The number of carbonyl (C=O) groups excluding carboxylic acids is 2. The number of hydrogen-bond donors (Lipinski definition) is 0. The van der Waals surface area contributed by atoms with Gasteiger partial charge in [0.2, 0.25) is 15.9 Å². The Kier molecular flexibility index (Phi) is 7.52. The molecule has 0 radical (unpaired) electrons. The quantitative estimate of drug-likeness (QED) is 0.712. The number of benzene rings is 1. The van der Waals surface area contributed by atoms with Gasteiger partial charge in [-0.1, -0.05) is 19.8 Å². The number of nitrogens with zero attached hydrogens (tertiary/aromatic N) is 3. The van der Waals surface area contributed by atoms with E-state index in [2.05, 4.69) is 6.92 Å². The monoisotopic (exact) mass is 435 g/mol. The van der Waals surface area contributed by atoms with Crippen molar-refractivity contribution in [3.63, 3.8) is 0 Å². The lowest BCUT2D eigenvalue weighted by molar-refractivity contribution is -0.129. The van der Waals surface area contributed by atoms with Gasteiger partial charge in [-0.05, 0) is 49.4 Å². The molecular weight excluding hydrogens is 402 g/mol. The van der Waals surface area contributed by atoms with E-state index in [-0.39, 0.29) is 29.8 Å². The van der Waals surface area contributed by atoms with Gasteiger partial charge in [-0.3, -0.25) is 9.59 Å². The highest BCUT2D eigenvalue weighted by atomic mass is 32.2. The van der Waals surface area contributed by atoms with Crippen molar-refractivity contribution in [2.45, 2.75) is 50.8 Å². The molecule has 0 aromatic heterocycles. The number of piperazine rings is 1. The van der Waals surface area contributed by atoms with Crippen LogP contribution in [0.3, 0.4) is 0 Å². The highest BCUT2D eigenvalue weighted by Gasteiger charge is 2.29. The largest absolute Gasteiger partial charge is 0.340 e. The lowest BCUT2D eigenvalue weighted by atomic mass is 9.96. The zero-order valence-electron chi connectivity index (χ0n) is 18.0. The first-order chi connectivity index (χ1) is 14.3. The van der Waals surface area contributed by atoms with Crippen LogP contribution in [0.1, 0.15) is 56.3 Å². The Morgan fingerprint density at radius 2 is 1.60 bits per heavy atom. The number of amides is 2. The van der Waals surface area contributed by atoms with Crippen molar-refractivity contribution in [2.24, 2.45) is 5.92 Å². The fourth-order valence-corrected chi connectivity index (χ4v) is 5.83. The third-order valence-electron chi connectivity index (χ3n) is 6.25. The smallest absolute Gasteiger partial charge is 0.253 e. The summed E-state index contributed by atoms with van der Waals surface area (Å²) in [6.45, 7) is 6.60. The van der Waals surface area contributed by atoms with Gasteiger partial charge in [-0.25, -0.2) is 8.42 Å². The molecular formula is C22H33N3O4S. The molecule has 2 aliphatic rings. The predicted molar refractivity (Wildman–Crippen MR) is 116 cm³/mol. The van der Waals surface area contributed by atoms with Gasteiger partial charge >= 0.3 is 0 Å². The summed E-state index contributed by atoms with van der Waals surface area (Å²) in [5.41, 5.74) is 0.532. The third-order valence-corrected chi connectivity index (χ3v) is 8.17. The minimum atomic E-state index is -3.63. The van der Waals surface area contributed by atoms with E-state index in [0.717, 1.165) is 25.9 Å². The van der Waals surface area contributed by atoms with Crippen molar-refractivity contribution in [1.29, 1.82) is 0 Å². The summed E-state index contributed by atoms with van der Waals surface area (Å²) in [5, 5.41) is 0. The molecule has 1 atom stereocenters. The van der Waals surface area contributed by atoms with Gasteiger partial charge in [0.05, 0.1) is 4.90 Å². The van der Waals surface area contributed by atoms with E-state index in [1.807, 2.05) is 4.90 Å². The molecule has 1 aromatic rings. The van der Waals surface area contributed by atoms with Gasteiger partial charge in [-0.15, -0.1) is 0 Å². The van der Waals surface area contributed by atoms with E-state index in [9.17, 15) is 18.0 Å². The Bertz CT molecular complexity index is 846. The number of hydrogen-bond acceptors (Lipinski definition) is 4. The van der Waals surface area contributed by atoms with Crippen molar-refractivity contribution < 1.29 is 18.0 Å². The van der Waals surface area contributed by atoms with E-state index >= 15 is 0 Å². The van der Waals surface area contributed by atoms with E-state index in [1.165, 1.54) is 42.6 Å². The van der Waals surface area contributed by atoms with Gasteiger partial charge in [0.15, 0.2) is 0 Å². The Morgan fingerprint density at radius 3 is 2.20 bits per heavy atom. The maximum absolute atomic E-state index is 12.9. The average molecular weight is 436 g/mol. The van der Waals surface area contributed by atoms with E-state index in [4.69, 9.17) is 0 Å². The van der Waals surface area contributed by atoms with E-state index in [1.54, 1.807) is 17.0 Å². The Labute approximate surface area is 180 Å². The van der Waals surface area contributed by atoms with Crippen LogP contribution in [0.25, 0.3) is 0 Å². The first-order valence-electron chi connectivity index (χ1n) is 11.0. The molecule has 0 aliphatic carbocycles. The first kappa shape index (κ1) is 22.7. The highest BCUT2D eigenvalue weighted by Crippen LogP contribution is 2.24. The SMILES string of the molecule is CCCC1CCCN(C(=O)c2ccc(S(=O)(=O)N3CCN(C(C)=O)CC3)cc2)CC1. The van der Waals surface area contributed by atoms with Crippen molar-refractivity contribution in [2.75, 3.05) is 39.3 Å². The standard InChI is InChI=1S/C22H33N3O4S/c1-3-5-19-6-4-12-24(13-11-19)22(27)20-7-9-21(10-8-20)30(28,29)25-16-14-23(15-17-25)18(2)26/h7-10,19H,3-6,11-17H2,1-2H3. The fourth-order valence-electron chi connectivity index (χ4n) is 4.41. The van der Waals surface area contributed by atoms with Crippen molar-refractivity contribution in [1.82, 2.24) is 14.1 Å². The Balaban J connectivity index is 1.64. The van der Waals surface area contributed by atoms with Crippen LogP contribution in [0, 0.1) is 5.92 Å². The number of likely N-dealkylation sites (tertiary alicyclic amines) is 1. The number of carbonyl (C=O) groups is 2. The van der Waals surface area contributed by atoms with Crippen LogP contribution in [0.5, 0.6) is 0 Å². The van der Waals surface area contributed by atoms with Gasteiger partial charge < -0.3 is 9.80 Å². The molecule has 30 heavy (non-hydrogen) atoms. The summed E-state index contributed by atoms with van der Waals surface area (Å²) in [6, 6.07) is 6.29. The van der Waals surface area contributed by atoms with Crippen LogP contribution in [0.4, 0.5) is 0 Å². The molecule has 0 saturated carbocycles.